The van der Waals surface area contributed by atoms with E-state index in [1.807, 2.05) is 48.5 Å². The topological polar surface area (TPSA) is 70.8 Å². The maximum absolute atomic E-state index is 11.8. The lowest BCUT2D eigenvalue weighted by Crippen LogP contribution is -2.34. The van der Waals surface area contributed by atoms with E-state index >= 15 is 0 Å². The molecule has 0 saturated heterocycles. The van der Waals surface area contributed by atoms with Crippen LogP contribution in [0.2, 0.25) is 0 Å². The van der Waals surface area contributed by atoms with Crippen LogP contribution in [-0.4, -0.2) is 25.7 Å². The van der Waals surface area contributed by atoms with Crippen LogP contribution < -0.4 is 15.2 Å². The minimum atomic E-state index is -0.692. The molecule has 1 unspecified atom stereocenters. The van der Waals surface area contributed by atoms with Crippen molar-refractivity contribution >= 4 is 16.7 Å². The summed E-state index contributed by atoms with van der Waals surface area (Å²) < 4.78 is 16.4. The number of rotatable bonds is 8. The number of hydrogen-bond donors (Lipinski definition) is 1. The van der Waals surface area contributed by atoms with Gasteiger partial charge in [0.1, 0.15) is 24.1 Å². The second-order valence-electron chi connectivity index (χ2n) is 6.51. The largest absolute Gasteiger partial charge is 0.496 e. The number of methoxy groups -OCH3 is 1. The van der Waals surface area contributed by atoms with Crippen molar-refractivity contribution in [1.29, 1.82) is 0 Å². The Hall–Kier alpha value is -3.05. The normalized spacial score (nSPS) is 11.8. The van der Waals surface area contributed by atoms with Crippen LogP contribution in [0.25, 0.3) is 10.8 Å². The van der Waals surface area contributed by atoms with Crippen LogP contribution >= 0.6 is 0 Å². The van der Waals surface area contributed by atoms with Gasteiger partial charge in [0, 0.05) is 5.56 Å². The summed E-state index contributed by atoms with van der Waals surface area (Å²) in [5.74, 6) is 1.12. The first-order valence-corrected chi connectivity index (χ1v) is 9.30. The van der Waals surface area contributed by atoms with Gasteiger partial charge in [0.05, 0.1) is 13.7 Å². The Balaban J connectivity index is 1.73. The molecule has 0 aromatic heterocycles. The van der Waals surface area contributed by atoms with Gasteiger partial charge in [0.15, 0.2) is 0 Å². The molecule has 0 bridgehead atoms. The van der Waals surface area contributed by atoms with Crippen LogP contribution in [0.15, 0.2) is 60.7 Å². The first-order chi connectivity index (χ1) is 13.6. The minimum Gasteiger partial charge on any atom is -0.496 e. The Morgan fingerprint density at radius 2 is 1.82 bits per heavy atom. The van der Waals surface area contributed by atoms with Crippen molar-refractivity contribution in [3.05, 3.63) is 71.8 Å². The van der Waals surface area contributed by atoms with Crippen molar-refractivity contribution in [3.8, 4) is 11.5 Å². The zero-order chi connectivity index (χ0) is 19.9. The third kappa shape index (κ3) is 4.81. The Bertz CT molecular complexity index is 954. The third-order valence-corrected chi connectivity index (χ3v) is 4.51. The molecule has 146 valence electrons. The lowest BCUT2D eigenvalue weighted by Gasteiger charge is -2.14. The molecule has 0 spiro atoms. The molecule has 0 amide bonds. The second kappa shape index (κ2) is 9.24. The van der Waals surface area contributed by atoms with Gasteiger partial charge in [-0.2, -0.15) is 0 Å². The average Bonchev–Trinajstić information content (AvgIpc) is 2.72. The van der Waals surface area contributed by atoms with Gasteiger partial charge in [0.2, 0.25) is 0 Å². The third-order valence-electron chi connectivity index (χ3n) is 4.51. The molecule has 5 nitrogen and oxygen atoms in total. The van der Waals surface area contributed by atoms with Gasteiger partial charge in [-0.15, -0.1) is 0 Å². The summed E-state index contributed by atoms with van der Waals surface area (Å²) in [5, 5.41) is 2.29. The molecule has 0 aliphatic rings. The molecule has 2 N–H and O–H groups in total. The molecule has 0 heterocycles. The summed E-state index contributed by atoms with van der Waals surface area (Å²) in [6.45, 7) is 2.43. The van der Waals surface area contributed by atoms with Crippen molar-refractivity contribution in [2.24, 2.45) is 5.73 Å². The van der Waals surface area contributed by atoms with E-state index in [9.17, 15) is 4.79 Å². The maximum atomic E-state index is 11.8. The zero-order valence-electron chi connectivity index (χ0n) is 16.2. The predicted molar refractivity (Wildman–Crippen MR) is 110 cm³/mol. The first-order valence-electron chi connectivity index (χ1n) is 9.30. The molecule has 0 aliphatic heterocycles. The van der Waals surface area contributed by atoms with Crippen LogP contribution in [0.4, 0.5) is 0 Å². The number of carbonyl (C=O) groups is 1. The first kappa shape index (κ1) is 19.7. The molecule has 0 radical (unpaired) electrons. The van der Waals surface area contributed by atoms with E-state index in [0.29, 0.717) is 19.6 Å². The fourth-order valence-electron chi connectivity index (χ4n) is 3.08. The molecular weight excluding hydrogens is 354 g/mol. The molecule has 5 heteroatoms. The standard InChI is InChI=1S/C23H25NO4/c1-3-27-23(25)21(24)13-16-8-11-22(26-2)19(12-16)15-28-20-10-9-17-6-4-5-7-18(17)14-20/h4-12,14,21H,3,13,15,24H2,1-2H3. The molecule has 3 aromatic carbocycles. The number of hydrogen-bond acceptors (Lipinski definition) is 5. The second-order valence-corrected chi connectivity index (χ2v) is 6.51. The number of ether oxygens (including phenoxy) is 3. The van der Waals surface area contributed by atoms with Gasteiger partial charge in [0.25, 0.3) is 0 Å². The van der Waals surface area contributed by atoms with Crippen molar-refractivity contribution in [3.63, 3.8) is 0 Å². The predicted octanol–water partition coefficient (Wildman–Crippen LogP) is 3.86. The fourth-order valence-corrected chi connectivity index (χ4v) is 3.08. The SMILES string of the molecule is CCOC(=O)C(N)Cc1ccc(OC)c(COc2ccc3ccccc3c2)c1. The van der Waals surface area contributed by atoms with E-state index in [-0.39, 0.29) is 0 Å². The van der Waals surface area contributed by atoms with Crippen molar-refractivity contribution < 1.29 is 19.0 Å². The van der Waals surface area contributed by atoms with E-state index in [1.54, 1.807) is 14.0 Å². The van der Waals surface area contributed by atoms with Crippen LogP contribution in [0.3, 0.4) is 0 Å². The molecule has 0 saturated carbocycles. The quantitative estimate of drug-likeness (QED) is 0.602. The van der Waals surface area contributed by atoms with E-state index in [2.05, 4.69) is 12.1 Å². The Morgan fingerprint density at radius 1 is 1.04 bits per heavy atom. The summed E-state index contributed by atoms with van der Waals surface area (Å²) >= 11 is 0. The molecule has 3 rings (SSSR count). The highest BCUT2D eigenvalue weighted by molar-refractivity contribution is 5.83. The molecule has 0 aliphatic carbocycles. The zero-order valence-corrected chi connectivity index (χ0v) is 16.2. The summed E-state index contributed by atoms with van der Waals surface area (Å²) in [7, 11) is 1.62. The smallest absolute Gasteiger partial charge is 0.323 e. The Kier molecular flexibility index (Phi) is 6.50. The highest BCUT2D eigenvalue weighted by atomic mass is 16.5. The Labute approximate surface area is 165 Å². The molecular formula is C23H25NO4. The van der Waals surface area contributed by atoms with E-state index in [0.717, 1.165) is 28.0 Å². The van der Waals surface area contributed by atoms with Crippen molar-refractivity contribution in [1.82, 2.24) is 0 Å². The lowest BCUT2D eigenvalue weighted by molar-refractivity contribution is -0.144. The summed E-state index contributed by atoms with van der Waals surface area (Å²) in [5.41, 5.74) is 7.76. The van der Waals surface area contributed by atoms with Crippen LogP contribution in [0.1, 0.15) is 18.1 Å². The molecule has 3 aromatic rings. The van der Waals surface area contributed by atoms with Crippen molar-refractivity contribution in [2.75, 3.05) is 13.7 Å². The van der Waals surface area contributed by atoms with Gasteiger partial charge in [-0.05, 0) is 53.9 Å². The maximum Gasteiger partial charge on any atom is 0.323 e. The van der Waals surface area contributed by atoms with Gasteiger partial charge in [-0.1, -0.05) is 36.4 Å². The fraction of sp³-hybridized carbons (Fsp3) is 0.261. The van der Waals surface area contributed by atoms with Crippen LogP contribution in [-0.2, 0) is 22.6 Å². The molecule has 28 heavy (non-hydrogen) atoms. The number of carbonyl (C=O) groups excluding carboxylic acids is 1. The van der Waals surface area contributed by atoms with Crippen LogP contribution in [0, 0.1) is 0 Å². The van der Waals surface area contributed by atoms with Gasteiger partial charge in [-0.3, -0.25) is 4.79 Å². The monoisotopic (exact) mass is 379 g/mol. The number of benzene rings is 3. The lowest BCUT2D eigenvalue weighted by atomic mass is 10.0. The average molecular weight is 379 g/mol. The van der Waals surface area contributed by atoms with Gasteiger partial charge >= 0.3 is 5.97 Å². The van der Waals surface area contributed by atoms with E-state index in [1.165, 1.54) is 5.39 Å². The highest BCUT2D eigenvalue weighted by Crippen LogP contribution is 2.25. The summed E-state index contributed by atoms with van der Waals surface area (Å²) in [6.07, 6.45) is 0.395. The van der Waals surface area contributed by atoms with Crippen molar-refractivity contribution in [2.45, 2.75) is 26.0 Å². The molecule has 1 atom stereocenters. The van der Waals surface area contributed by atoms with E-state index in [4.69, 9.17) is 19.9 Å². The molecule has 0 fully saturated rings. The highest BCUT2D eigenvalue weighted by Gasteiger charge is 2.16. The minimum absolute atomic E-state index is 0.319. The number of fused-ring (bicyclic) bond motifs is 1. The van der Waals surface area contributed by atoms with Gasteiger partial charge < -0.3 is 19.9 Å². The van der Waals surface area contributed by atoms with Gasteiger partial charge in [-0.25, -0.2) is 0 Å². The van der Waals surface area contributed by atoms with E-state index < -0.39 is 12.0 Å². The van der Waals surface area contributed by atoms with Crippen LogP contribution in [0.5, 0.6) is 11.5 Å². The number of esters is 1. The Morgan fingerprint density at radius 3 is 2.57 bits per heavy atom. The number of nitrogens with two attached hydrogens (primary N) is 1. The summed E-state index contributed by atoms with van der Waals surface area (Å²) in [4.78, 5) is 11.8. The summed E-state index contributed by atoms with van der Waals surface area (Å²) in [6, 6.07) is 19.2.